The third kappa shape index (κ3) is 3.47. The lowest BCUT2D eigenvalue weighted by molar-refractivity contribution is -0.123. The van der Waals surface area contributed by atoms with Crippen LogP contribution in [0.4, 0.5) is 10.5 Å². The van der Waals surface area contributed by atoms with Crippen molar-refractivity contribution in [3.05, 3.63) is 36.7 Å². The van der Waals surface area contributed by atoms with Gasteiger partial charge in [-0.05, 0) is 31.0 Å². The van der Waals surface area contributed by atoms with Crippen molar-refractivity contribution in [3.8, 4) is 5.69 Å². The van der Waals surface area contributed by atoms with Crippen LogP contribution in [0.5, 0.6) is 0 Å². The Morgan fingerprint density at radius 3 is 2.96 bits per heavy atom. The highest BCUT2D eigenvalue weighted by atomic mass is 16.2. The summed E-state index contributed by atoms with van der Waals surface area (Å²) in [5, 5.41) is 10.5. The number of rotatable bonds is 3. The molecule has 120 valence electrons. The van der Waals surface area contributed by atoms with Crippen molar-refractivity contribution in [2.75, 3.05) is 18.4 Å². The lowest BCUT2D eigenvalue weighted by Gasteiger charge is -2.31. The molecule has 3 amide bonds. The fourth-order valence-electron chi connectivity index (χ4n) is 2.67. The lowest BCUT2D eigenvalue weighted by atomic mass is 9.98. The number of nitrogens with two attached hydrogens (primary N) is 1. The summed E-state index contributed by atoms with van der Waals surface area (Å²) in [6, 6.07) is 7.07. The number of anilines is 1. The Labute approximate surface area is 133 Å². The van der Waals surface area contributed by atoms with Gasteiger partial charge in [-0.1, -0.05) is 11.3 Å². The van der Waals surface area contributed by atoms with Gasteiger partial charge in [0, 0.05) is 18.8 Å². The van der Waals surface area contributed by atoms with E-state index in [0.717, 1.165) is 18.5 Å². The highest BCUT2D eigenvalue weighted by molar-refractivity contribution is 5.90. The van der Waals surface area contributed by atoms with Crippen LogP contribution in [-0.2, 0) is 4.79 Å². The first-order valence-corrected chi connectivity index (χ1v) is 7.45. The van der Waals surface area contributed by atoms with Gasteiger partial charge in [-0.15, -0.1) is 5.10 Å². The predicted octanol–water partition coefficient (Wildman–Crippen LogP) is 0.996. The Bertz CT molecular complexity index is 700. The summed E-state index contributed by atoms with van der Waals surface area (Å²) in [6.45, 7) is 0.988. The quantitative estimate of drug-likeness (QED) is 0.881. The summed E-state index contributed by atoms with van der Waals surface area (Å²) >= 11 is 0. The van der Waals surface area contributed by atoms with E-state index in [1.54, 1.807) is 28.0 Å². The first kappa shape index (κ1) is 15.0. The Morgan fingerprint density at radius 1 is 1.35 bits per heavy atom. The minimum absolute atomic E-state index is 0.230. The molecule has 2 aromatic rings. The van der Waals surface area contributed by atoms with E-state index >= 15 is 0 Å². The molecule has 1 aromatic carbocycles. The number of hydrogen-bond donors (Lipinski definition) is 2. The Morgan fingerprint density at radius 2 is 2.22 bits per heavy atom. The molecule has 1 aliphatic rings. The molecule has 0 radical (unpaired) electrons. The van der Waals surface area contributed by atoms with Gasteiger partial charge in [-0.3, -0.25) is 4.79 Å². The highest BCUT2D eigenvalue weighted by Crippen LogP contribution is 2.18. The summed E-state index contributed by atoms with van der Waals surface area (Å²) in [5.74, 6) is -0.619. The number of urea groups is 1. The van der Waals surface area contributed by atoms with Gasteiger partial charge >= 0.3 is 6.03 Å². The van der Waals surface area contributed by atoms with Crippen LogP contribution in [0.2, 0.25) is 0 Å². The molecule has 0 bridgehead atoms. The van der Waals surface area contributed by atoms with Crippen LogP contribution >= 0.6 is 0 Å². The first-order valence-electron chi connectivity index (χ1n) is 7.45. The molecule has 1 fully saturated rings. The van der Waals surface area contributed by atoms with Gasteiger partial charge in [0.25, 0.3) is 0 Å². The predicted molar refractivity (Wildman–Crippen MR) is 83.9 cm³/mol. The van der Waals surface area contributed by atoms with Crippen molar-refractivity contribution >= 4 is 17.6 Å². The van der Waals surface area contributed by atoms with Crippen LogP contribution in [0.1, 0.15) is 12.8 Å². The Balaban J connectivity index is 1.68. The van der Waals surface area contributed by atoms with E-state index in [2.05, 4.69) is 15.6 Å². The molecule has 1 atom stereocenters. The number of nitrogens with zero attached hydrogens (tertiary/aromatic N) is 4. The van der Waals surface area contributed by atoms with Crippen molar-refractivity contribution < 1.29 is 9.59 Å². The molecule has 0 spiro atoms. The molecule has 8 nitrogen and oxygen atoms in total. The Kier molecular flexibility index (Phi) is 4.22. The summed E-state index contributed by atoms with van der Waals surface area (Å²) in [5.41, 5.74) is 6.80. The van der Waals surface area contributed by atoms with Gasteiger partial charge < -0.3 is 16.0 Å². The fourth-order valence-corrected chi connectivity index (χ4v) is 2.67. The standard InChI is InChI=1S/C15H18N6O2/c16-14(22)11-3-2-7-20(10-11)15(23)18-12-4-1-5-13(9-12)21-8-6-17-19-21/h1,4-6,8-9,11H,2-3,7,10H2,(H2,16,22)(H,18,23). The summed E-state index contributed by atoms with van der Waals surface area (Å²) in [7, 11) is 0. The average Bonchev–Trinajstić information content (AvgIpc) is 3.10. The van der Waals surface area contributed by atoms with Gasteiger partial charge in [-0.2, -0.15) is 0 Å². The monoisotopic (exact) mass is 314 g/mol. The maximum atomic E-state index is 12.4. The number of likely N-dealkylation sites (tertiary alicyclic amines) is 1. The maximum absolute atomic E-state index is 12.4. The van der Waals surface area contributed by atoms with E-state index in [0.29, 0.717) is 18.8 Å². The zero-order chi connectivity index (χ0) is 16.2. The van der Waals surface area contributed by atoms with E-state index in [4.69, 9.17) is 5.73 Å². The lowest BCUT2D eigenvalue weighted by Crippen LogP contribution is -2.45. The van der Waals surface area contributed by atoms with Crippen molar-refractivity contribution in [2.24, 2.45) is 11.7 Å². The van der Waals surface area contributed by atoms with Gasteiger partial charge in [0.1, 0.15) is 0 Å². The van der Waals surface area contributed by atoms with E-state index in [9.17, 15) is 9.59 Å². The van der Waals surface area contributed by atoms with Crippen LogP contribution < -0.4 is 11.1 Å². The molecular weight excluding hydrogens is 296 g/mol. The largest absolute Gasteiger partial charge is 0.369 e. The second-order valence-corrected chi connectivity index (χ2v) is 5.52. The number of carbonyl (C=O) groups excluding carboxylic acids is 2. The van der Waals surface area contributed by atoms with Crippen LogP contribution in [0.15, 0.2) is 36.7 Å². The molecule has 1 saturated heterocycles. The van der Waals surface area contributed by atoms with Gasteiger partial charge in [0.2, 0.25) is 5.91 Å². The number of benzene rings is 1. The number of nitrogens with one attached hydrogen (secondary N) is 1. The van der Waals surface area contributed by atoms with Crippen LogP contribution in [0.25, 0.3) is 5.69 Å². The van der Waals surface area contributed by atoms with Gasteiger partial charge in [0.15, 0.2) is 0 Å². The van der Waals surface area contributed by atoms with Crippen LogP contribution in [0.3, 0.4) is 0 Å². The third-order valence-corrected chi connectivity index (χ3v) is 3.90. The van der Waals surface area contributed by atoms with E-state index in [1.807, 2.05) is 18.2 Å². The van der Waals surface area contributed by atoms with Crippen molar-refractivity contribution in [1.82, 2.24) is 19.9 Å². The van der Waals surface area contributed by atoms with E-state index < -0.39 is 0 Å². The molecule has 3 rings (SSSR count). The van der Waals surface area contributed by atoms with Crippen molar-refractivity contribution in [2.45, 2.75) is 12.8 Å². The zero-order valence-electron chi connectivity index (χ0n) is 12.6. The maximum Gasteiger partial charge on any atom is 0.321 e. The van der Waals surface area contributed by atoms with E-state index in [-0.39, 0.29) is 17.9 Å². The molecule has 0 aliphatic carbocycles. The molecule has 23 heavy (non-hydrogen) atoms. The normalized spacial score (nSPS) is 17.7. The van der Waals surface area contributed by atoms with Gasteiger partial charge in [-0.25, -0.2) is 9.48 Å². The number of carbonyl (C=O) groups is 2. The van der Waals surface area contributed by atoms with Gasteiger partial charge in [0.05, 0.1) is 24.0 Å². The number of primary amides is 1. The first-order chi connectivity index (χ1) is 11.1. The van der Waals surface area contributed by atoms with Crippen LogP contribution in [0, 0.1) is 5.92 Å². The average molecular weight is 314 g/mol. The van der Waals surface area contributed by atoms with Crippen molar-refractivity contribution in [1.29, 1.82) is 0 Å². The fraction of sp³-hybridized carbons (Fsp3) is 0.333. The molecule has 1 unspecified atom stereocenters. The minimum atomic E-state index is -0.351. The molecule has 0 saturated carbocycles. The number of piperidine rings is 1. The highest BCUT2D eigenvalue weighted by Gasteiger charge is 2.26. The topological polar surface area (TPSA) is 106 Å². The molecule has 1 aliphatic heterocycles. The molecule has 1 aromatic heterocycles. The molecule has 8 heteroatoms. The zero-order valence-corrected chi connectivity index (χ0v) is 12.6. The third-order valence-electron chi connectivity index (χ3n) is 3.90. The molecule has 2 heterocycles. The summed E-state index contributed by atoms with van der Waals surface area (Å²) in [6.07, 6.45) is 4.83. The van der Waals surface area contributed by atoms with Crippen molar-refractivity contribution in [3.63, 3.8) is 0 Å². The Hall–Kier alpha value is -2.90. The second-order valence-electron chi connectivity index (χ2n) is 5.52. The summed E-state index contributed by atoms with van der Waals surface area (Å²) in [4.78, 5) is 25.3. The second kappa shape index (κ2) is 6.47. The number of aromatic nitrogens is 3. The molecular formula is C15H18N6O2. The molecule has 3 N–H and O–H groups in total. The summed E-state index contributed by atoms with van der Waals surface area (Å²) < 4.78 is 1.61. The smallest absolute Gasteiger partial charge is 0.321 e. The van der Waals surface area contributed by atoms with E-state index in [1.165, 1.54) is 0 Å². The minimum Gasteiger partial charge on any atom is -0.369 e. The van der Waals surface area contributed by atoms with Crippen LogP contribution in [-0.4, -0.2) is 44.9 Å². The number of hydrogen-bond acceptors (Lipinski definition) is 4. The SMILES string of the molecule is NC(=O)C1CCCN(C(=O)Nc2cccc(-n3ccnn3)c2)C1. The number of amides is 3.